The second-order valence-electron chi connectivity index (χ2n) is 10.2. The number of hydrogen-bond acceptors (Lipinski definition) is 4. The van der Waals surface area contributed by atoms with Crippen LogP contribution in [0.2, 0.25) is 0 Å². The van der Waals surface area contributed by atoms with Gasteiger partial charge in [-0.25, -0.2) is 4.79 Å². The standard InChI is InChI=1S/C28H32N2O3/c1-28(2,3)33-27(31)30-17-14-23(15-18-30)32-22-11-8-19(9-12-22)24-13-10-21-5-4-16-29-26(21)25(24)20-6-7-20/h4-5,8-13,16,20,23H,6-7,14-15,17-18H2,1-3H3. The fourth-order valence-electron chi connectivity index (χ4n) is 4.59. The van der Waals surface area contributed by atoms with Gasteiger partial charge in [0.05, 0.1) is 5.52 Å². The Morgan fingerprint density at radius 3 is 2.36 bits per heavy atom. The van der Waals surface area contributed by atoms with Gasteiger partial charge in [-0.05, 0) is 74.4 Å². The van der Waals surface area contributed by atoms with Crippen LogP contribution in [0.4, 0.5) is 4.79 Å². The van der Waals surface area contributed by atoms with Gasteiger partial charge in [-0.15, -0.1) is 0 Å². The third-order valence-electron chi connectivity index (χ3n) is 6.36. The van der Waals surface area contributed by atoms with Crippen molar-refractivity contribution in [3.63, 3.8) is 0 Å². The van der Waals surface area contributed by atoms with E-state index in [4.69, 9.17) is 14.5 Å². The minimum atomic E-state index is -0.466. The summed E-state index contributed by atoms with van der Waals surface area (Å²) >= 11 is 0. The fourth-order valence-corrected chi connectivity index (χ4v) is 4.59. The first kappa shape index (κ1) is 21.7. The quantitative estimate of drug-likeness (QED) is 0.457. The Bertz CT molecular complexity index is 1140. The molecule has 0 bridgehead atoms. The van der Waals surface area contributed by atoms with Crippen molar-refractivity contribution in [2.45, 2.75) is 64.1 Å². The highest BCUT2D eigenvalue weighted by atomic mass is 16.6. The van der Waals surface area contributed by atoms with E-state index < -0.39 is 5.60 Å². The highest BCUT2D eigenvalue weighted by molar-refractivity contribution is 5.90. The zero-order chi connectivity index (χ0) is 23.0. The first-order valence-electron chi connectivity index (χ1n) is 12.0. The fraction of sp³-hybridized carbons (Fsp3) is 0.429. The third-order valence-corrected chi connectivity index (χ3v) is 6.36. The van der Waals surface area contributed by atoms with Gasteiger partial charge < -0.3 is 14.4 Å². The number of aromatic nitrogens is 1. The molecule has 1 aliphatic carbocycles. The molecule has 3 aromatic rings. The average molecular weight is 445 g/mol. The van der Waals surface area contributed by atoms with Gasteiger partial charge in [0.2, 0.25) is 0 Å². The summed E-state index contributed by atoms with van der Waals surface area (Å²) in [5, 5.41) is 1.21. The van der Waals surface area contributed by atoms with Crippen LogP contribution in [0.1, 0.15) is 57.9 Å². The molecule has 5 rings (SSSR count). The predicted molar refractivity (Wildman–Crippen MR) is 131 cm³/mol. The third kappa shape index (κ3) is 4.97. The number of carbonyl (C=O) groups is 1. The van der Waals surface area contributed by atoms with Crippen LogP contribution in [0.15, 0.2) is 54.7 Å². The van der Waals surface area contributed by atoms with Crippen LogP contribution in [0.3, 0.4) is 0 Å². The van der Waals surface area contributed by atoms with Gasteiger partial charge in [0, 0.05) is 37.5 Å². The SMILES string of the molecule is CC(C)(C)OC(=O)N1CCC(Oc2ccc(-c3ccc4cccnc4c3C3CC3)cc2)CC1. The number of fused-ring (bicyclic) bond motifs is 1. The number of amides is 1. The monoisotopic (exact) mass is 444 g/mol. The number of piperidine rings is 1. The van der Waals surface area contributed by atoms with E-state index in [1.54, 1.807) is 4.90 Å². The van der Waals surface area contributed by atoms with Gasteiger partial charge in [-0.1, -0.05) is 30.3 Å². The van der Waals surface area contributed by atoms with Crippen LogP contribution < -0.4 is 4.74 Å². The largest absolute Gasteiger partial charge is 0.490 e. The molecular formula is C28H32N2O3. The Labute approximate surface area is 195 Å². The molecule has 0 atom stereocenters. The van der Waals surface area contributed by atoms with Gasteiger partial charge >= 0.3 is 6.09 Å². The summed E-state index contributed by atoms with van der Waals surface area (Å²) in [4.78, 5) is 18.7. The molecule has 1 aromatic heterocycles. The number of carbonyl (C=O) groups excluding carboxylic acids is 1. The summed E-state index contributed by atoms with van der Waals surface area (Å²) in [6.45, 7) is 7.00. The number of likely N-dealkylation sites (tertiary alicyclic amines) is 1. The first-order chi connectivity index (χ1) is 15.9. The highest BCUT2D eigenvalue weighted by Gasteiger charge is 2.29. The summed E-state index contributed by atoms with van der Waals surface area (Å²) in [7, 11) is 0. The number of pyridine rings is 1. The van der Waals surface area contributed by atoms with Crippen molar-refractivity contribution in [1.82, 2.24) is 9.88 Å². The lowest BCUT2D eigenvalue weighted by molar-refractivity contribution is 0.0126. The van der Waals surface area contributed by atoms with Crippen LogP contribution >= 0.6 is 0 Å². The molecule has 1 saturated heterocycles. The normalized spacial score (nSPS) is 17.2. The highest BCUT2D eigenvalue weighted by Crippen LogP contribution is 2.47. The minimum Gasteiger partial charge on any atom is -0.490 e. The Morgan fingerprint density at radius 2 is 1.70 bits per heavy atom. The molecule has 0 N–H and O–H groups in total. The lowest BCUT2D eigenvalue weighted by Crippen LogP contribution is -2.44. The molecule has 0 radical (unpaired) electrons. The van der Waals surface area contributed by atoms with Crippen LogP contribution in [0, 0.1) is 0 Å². The van der Waals surface area contributed by atoms with E-state index in [9.17, 15) is 4.79 Å². The van der Waals surface area contributed by atoms with Crippen molar-refractivity contribution < 1.29 is 14.3 Å². The number of ether oxygens (including phenoxy) is 2. The summed E-state index contributed by atoms with van der Waals surface area (Å²) in [5.41, 5.74) is 4.54. The molecule has 1 amide bonds. The number of hydrogen-bond donors (Lipinski definition) is 0. The van der Waals surface area contributed by atoms with Gasteiger partial charge in [-0.2, -0.15) is 0 Å². The van der Waals surface area contributed by atoms with Gasteiger partial charge in [0.1, 0.15) is 17.5 Å². The summed E-state index contributed by atoms with van der Waals surface area (Å²) in [5.74, 6) is 1.49. The molecule has 0 unspecified atom stereocenters. The zero-order valence-corrected chi connectivity index (χ0v) is 19.7. The number of rotatable bonds is 4. The Kier molecular flexibility index (Phi) is 5.73. The summed E-state index contributed by atoms with van der Waals surface area (Å²) in [6.07, 6.45) is 5.87. The smallest absolute Gasteiger partial charge is 0.410 e. The number of benzene rings is 2. The van der Waals surface area contributed by atoms with E-state index in [-0.39, 0.29) is 12.2 Å². The molecule has 2 fully saturated rings. The van der Waals surface area contributed by atoms with Crippen LogP contribution in [0.25, 0.3) is 22.0 Å². The van der Waals surface area contributed by atoms with Crippen molar-refractivity contribution in [3.05, 3.63) is 60.3 Å². The van der Waals surface area contributed by atoms with Crippen molar-refractivity contribution in [2.24, 2.45) is 0 Å². The first-order valence-corrected chi connectivity index (χ1v) is 12.0. The molecule has 5 nitrogen and oxygen atoms in total. The molecular weight excluding hydrogens is 412 g/mol. The summed E-state index contributed by atoms with van der Waals surface area (Å²) < 4.78 is 11.7. The Morgan fingerprint density at radius 1 is 0.970 bits per heavy atom. The molecule has 1 saturated carbocycles. The van der Waals surface area contributed by atoms with Crippen LogP contribution in [-0.4, -0.2) is 40.8 Å². The molecule has 172 valence electrons. The molecule has 33 heavy (non-hydrogen) atoms. The number of nitrogens with zero attached hydrogens (tertiary/aromatic N) is 2. The van der Waals surface area contributed by atoms with Gasteiger partial charge in [0.15, 0.2) is 0 Å². The van der Waals surface area contributed by atoms with E-state index in [2.05, 4.69) is 42.5 Å². The van der Waals surface area contributed by atoms with Crippen molar-refractivity contribution in [3.8, 4) is 16.9 Å². The maximum Gasteiger partial charge on any atom is 0.410 e. The van der Waals surface area contributed by atoms with Crippen molar-refractivity contribution in [1.29, 1.82) is 0 Å². The van der Waals surface area contributed by atoms with Crippen LogP contribution in [-0.2, 0) is 4.74 Å². The van der Waals surface area contributed by atoms with Gasteiger partial charge in [0.25, 0.3) is 0 Å². The molecule has 5 heteroatoms. The van der Waals surface area contributed by atoms with E-state index in [0.29, 0.717) is 19.0 Å². The molecule has 0 spiro atoms. The van der Waals surface area contributed by atoms with E-state index in [1.807, 2.05) is 33.0 Å². The summed E-state index contributed by atoms with van der Waals surface area (Å²) in [6, 6.07) is 17.0. The maximum atomic E-state index is 12.3. The average Bonchev–Trinajstić information content (AvgIpc) is 3.63. The minimum absolute atomic E-state index is 0.112. The molecule has 2 aliphatic rings. The van der Waals surface area contributed by atoms with Gasteiger partial charge in [-0.3, -0.25) is 4.98 Å². The van der Waals surface area contributed by atoms with E-state index in [1.165, 1.54) is 34.9 Å². The zero-order valence-electron chi connectivity index (χ0n) is 19.7. The van der Waals surface area contributed by atoms with Crippen LogP contribution in [0.5, 0.6) is 5.75 Å². The molecule has 2 aromatic carbocycles. The Balaban J connectivity index is 1.25. The second-order valence-corrected chi connectivity index (χ2v) is 10.2. The molecule has 1 aliphatic heterocycles. The van der Waals surface area contributed by atoms with E-state index in [0.717, 1.165) is 24.1 Å². The topological polar surface area (TPSA) is 51.7 Å². The van der Waals surface area contributed by atoms with Crippen molar-refractivity contribution >= 4 is 17.0 Å². The lowest BCUT2D eigenvalue weighted by atomic mass is 9.94. The molecule has 2 heterocycles. The Hall–Kier alpha value is -3.08. The predicted octanol–water partition coefficient (Wildman–Crippen LogP) is 6.56. The van der Waals surface area contributed by atoms with E-state index >= 15 is 0 Å². The van der Waals surface area contributed by atoms with Crippen molar-refractivity contribution in [2.75, 3.05) is 13.1 Å². The maximum absolute atomic E-state index is 12.3. The lowest BCUT2D eigenvalue weighted by Gasteiger charge is -2.33. The second kappa shape index (κ2) is 8.69.